The minimum Gasteiger partial charge on any atom is -0.334 e. The smallest absolute Gasteiger partial charge is 0.284 e. The quantitative estimate of drug-likeness (QED) is 0.438. The van der Waals surface area contributed by atoms with E-state index in [1.54, 1.807) is 12.1 Å². The molecule has 148 valence electrons. The van der Waals surface area contributed by atoms with Crippen LogP contribution >= 0.6 is 24.2 Å². The number of halogens is 1. The summed E-state index contributed by atoms with van der Waals surface area (Å²) in [6.07, 6.45) is 0.615. The van der Waals surface area contributed by atoms with Crippen LogP contribution in [0.15, 0.2) is 56.8 Å². The lowest BCUT2D eigenvalue weighted by Crippen LogP contribution is -2.24. The van der Waals surface area contributed by atoms with Gasteiger partial charge in [0.05, 0.1) is 9.82 Å². The second kappa shape index (κ2) is 9.68. The first-order chi connectivity index (χ1) is 13.0. The van der Waals surface area contributed by atoms with Crippen molar-refractivity contribution in [1.82, 2.24) is 15.5 Å². The molecule has 0 saturated carbocycles. The number of likely N-dealkylation sites (N-methyl/N-ethyl adjacent to an activating group) is 1. The van der Waals surface area contributed by atoms with Gasteiger partial charge in [0.1, 0.15) is 0 Å². The van der Waals surface area contributed by atoms with Crippen molar-refractivity contribution in [2.45, 2.75) is 36.1 Å². The van der Waals surface area contributed by atoms with Crippen molar-refractivity contribution in [2.75, 3.05) is 7.05 Å². The molecule has 2 aromatic carbocycles. The largest absolute Gasteiger partial charge is 0.334 e. The molecule has 1 N–H and O–H groups in total. The fraction of sp³-hybridized carbons (Fsp3) is 0.263. The van der Waals surface area contributed by atoms with Crippen LogP contribution in [-0.4, -0.2) is 28.2 Å². The van der Waals surface area contributed by atoms with Crippen LogP contribution in [0, 0.1) is 17.0 Å². The van der Waals surface area contributed by atoms with Gasteiger partial charge >= 0.3 is 0 Å². The lowest BCUT2D eigenvalue weighted by atomic mass is 10.2. The summed E-state index contributed by atoms with van der Waals surface area (Å²) < 4.78 is 5.28. The van der Waals surface area contributed by atoms with Crippen LogP contribution in [0.5, 0.6) is 0 Å². The third-order valence-corrected chi connectivity index (χ3v) is 5.17. The first-order valence-electron chi connectivity index (χ1n) is 8.49. The van der Waals surface area contributed by atoms with E-state index in [2.05, 4.69) is 15.5 Å². The Hall–Kier alpha value is -2.42. The Morgan fingerprint density at radius 2 is 1.96 bits per heavy atom. The average Bonchev–Trinajstić information content (AvgIpc) is 3.12. The van der Waals surface area contributed by atoms with Crippen molar-refractivity contribution in [2.24, 2.45) is 0 Å². The normalized spacial score (nSPS) is 11.7. The highest BCUT2D eigenvalue weighted by Gasteiger charge is 2.19. The molecule has 9 heteroatoms. The van der Waals surface area contributed by atoms with Crippen molar-refractivity contribution >= 4 is 29.9 Å². The van der Waals surface area contributed by atoms with Crippen LogP contribution in [0.4, 0.5) is 5.69 Å². The Morgan fingerprint density at radius 1 is 1.25 bits per heavy atom. The van der Waals surface area contributed by atoms with Gasteiger partial charge in [0.2, 0.25) is 0 Å². The predicted octanol–water partition coefficient (Wildman–Crippen LogP) is 4.68. The zero-order chi connectivity index (χ0) is 19.4. The third-order valence-electron chi connectivity index (χ3n) is 4.10. The molecule has 28 heavy (non-hydrogen) atoms. The summed E-state index contributed by atoms with van der Waals surface area (Å²) in [7, 11) is 1.86. The van der Waals surface area contributed by atoms with Gasteiger partial charge in [-0.1, -0.05) is 34.6 Å². The molecule has 1 unspecified atom stereocenters. The van der Waals surface area contributed by atoms with Crippen LogP contribution in [-0.2, 0) is 6.42 Å². The SMILES string of the molecule is CNC(C)Cc1noc(-c2ccc(Sc3ccc(C)cc3)c([N+](=O)[O-])c2)n1.Cl. The molecule has 0 aliphatic heterocycles. The maximum absolute atomic E-state index is 11.6. The van der Waals surface area contributed by atoms with E-state index in [4.69, 9.17) is 4.52 Å². The lowest BCUT2D eigenvalue weighted by molar-refractivity contribution is -0.387. The Balaban J connectivity index is 0.00000280. The molecule has 3 aromatic rings. The van der Waals surface area contributed by atoms with E-state index in [0.717, 1.165) is 10.5 Å². The summed E-state index contributed by atoms with van der Waals surface area (Å²) in [6.45, 7) is 4.01. The van der Waals surface area contributed by atoms with Crippen LogP contribution in [0.3, 0.4) is 0 Å². The maximum Gasteiger partial charge on any atom is 0.284 e. The molecule has 0 bridgehead atoms. The summed E-state index contributed by atoms with van der Waals surface area (Å²) in [5, 5.41) is 18.6. The van der Waals surface area contributed by atoms with Gasteiger partial charge in [-0.25, -0.2) is 0 Å². The molecule has 1 atom stereocenters. The second-order valence-corrected chi connectivity index (χ2v) is 7.38. The molecule has 0 fully saturated rings. The van der Waals surface area contributed by atoms with Gasteiger partial charge in [-0.2, -0.15) is 4.98 Å². The van der Waals surface area contributed by atoms with E-state index >= 15 is 0 Å². The van der Waals surface area contributed by atoms with Gasteiger partial charge in [-0.15, -0.1) is 12.4 Å². The molecular weight excluding hydrogens is 400 g/mol. The van der Waals surface area contributed by atoms with E-state index in [-0.39, 0.29) is 35.0 Å². The van der Waals surface area contributed by atoms with Gasteiger partial charge in [-0.3, -0.25) is 10.1 Å². The number of rotatable bonds is 7. The molecule has 0 spiro atoms. The molecule has 7 nitrogen and oxygen atoms in total. The number of hydrogen-bond acceptors (Lipinski definition) is 7. The minimum atomic E-state index is -0.389. The number of nitro groups is 1. The Kier molecular flexibility index (Phi) is 7.56. The van der Waals surface area contributed by atoms with Gasteiger partial charge in [-0.05, 0) is 45.2 Å². The van der Waals surface area contributed by atoms with Gasteiger partial charge in [0.25, 0.3) is 11.6 Å². The second-order valence-electron chi connectivity index (χ2n) is 6.26. The fourth-order valence-electron chi connectivity index (χ4n) is 2.44. The van der Waals surface area contributed by atoms with Gasteiger partial charge in [0, 0.05) is 29.0 Å². The number of aromatic nitrogens is 2. The minimum absolute atomic E-state index is 0. The number of nitrogens with zero attached hydrogens (tertiary/aromatic N) is 3. The molecule has 1 heterocycles. The number of nitrogens with one attached hydrogen (secondary N) is 1. The highest BCUT2D eigenvalue weighted by Crippen LogP contribution is 2.37. The molecule has 0 aliphatic rings. The number of hydrogen-bond donors (Lipinski definition) is 1. The number of aryl methyl sites for hydroxylation is 1. The first kappa shape index (κ1) is 21.9. The molecule has 1 aromatic heterocycles. The van der Waals surface area contributed by atoms with Crippen LogP contribution < -0.4 is 5.32 Å². The zero-order valence-electron chi connectivity index (χ0n) is 15.7. The third kappa shape index (κ3) is 5.31. The summed E-state index contributed by atoms with van der Waals surface area (Å²) in [5.41, 5.74) is 1.69. The summed E-state index contributed by atoms with van der Waals surface area (Å²) >= 11 is 1.36. The highest BCUT2D eigenvalue weighted by molar-refractivity contribution is 7.99. The molecule has 0 saturated heterocycles. The van der Waals surface area contributed by atoms with E-state index < -0.39 is 0 Å². The van der Waals surface area contributed by atoms with Crippen LogP contribution in [0.2, 0.25) is 0 Å². The summed E-state index contributed by atoms with van der Waals surface area (Å²) in [6, 6.07) is 13.0. The van der Waals surface area contributed by atoms with E-state index in [1.807, 2.05) is 45.2 Å². The number of benzene rings is 2. The van der Waals surface area contributed by atoms with E-state index in [9.17, 15) is 10.1 Å². The molecule has 3 rings (SSSR count). The monoisotopic (exact) mass is 420 g/mol. The Morgan fingerprint density at radius 3 is 2.61 bits per heavy atom. The van der Waals surface area contributed by atoms with E-state index in [0.29, 0.717) is 22.7 Å². The Labute approximate surface area is 173 Å². The molecule has 0 aliphatic carbocycles. The standard InChI is InChI=1S/C19H20N4O3S.ClH/c1-12-4-7-15(8-5-12)27-17-9-6-14(11-16(17)23(24)25)19-21-18(22-26-19)10-13(2)20-3;/h4-9,11,13,20H,10H2,1-3H3;1H. The van der Waals surface area contributed by atoms with Crippen molar-refractivity contribution in [3.8, 4) is 11.5 Å². The fourth-order valence-corrected chi connectivity index (χ4v) is 3.34. The highest BCUT2D eigenvalue weighted by atomic mass is 35.5. The maximum atomic E-state index is 11.6. The van der Waals surface area contributed by atoms with Crippen molar-refractivity contribution in [3.63, 3.8) is 0 Å². The topological polar surface area (TPSA) is 94.1 Å². The number of nitro benzene ring substituents is 1. The van der Waals surface area contributed by atoms with Crippen molar-refractivity contribution in [3.05, 3.63) is 64.0 Å². The molecule has 0 amide bonds. The molecule has 0 radical (unpaired) electrons. The molecular formula is C19H21ClN4O3S. The van der Waals surface area contributed by atoms with E-state index in [1.165, 1.54) is 17.8 Å². The van der Waals surface area contributed by atoms with Gasteiger partial charge < -0.3 is 9.84 Å². The predicted molar refractivity (Wildman–Crippen MR) is 111 cm³/mol. The first-order valence-corrected chi connectivity index (χ1v) is 9.31. The zero-order valence-corrected chi connectivity index (χ0v) is 17.3. The van der Waals surface area contributed by atoms with Gasteiger partial charge in [0.15, 0.2) is 5.82 Å². The average molecular weight is 421 g/mol. The van der Waals surface area contributed by atoms with Crippen LogP contribution in [0.25, 0.3) is 11.5 Å². The Bertz CT molecular complexity index is 947. The van der Waals surface area contributed by atoms with Crippen molar-refractivity contribution in [1.29, 1.82) is 0 Å². The van der Waals surface area contributed by atoms with Crippen molar-refractivity contribution < 1.29 is 9.45 Å². The summed E-state index contributed by atoms with van der Waals surface area (Å²) in [4.78, 5) is 17.0. The lowest BCUT2D eigenvalue weighted by Gasteiger charge is -2.05. The van der Waals surface area contributed by atoms with Crippen LogP contribution in [0.1, 0.15) is 18.3 Å². The summed E-state index contributed by atoms with van der Waals surface area (Å²) in [5.74, 6) is 0.843.